The Morgan fingerprint density at radius 2 is 1.70 bits per heavy atom. The first-order valence-corrected chi connectivity index (χ1v) is 8.60. The second-order valence-electron chi connectivity index (χ2n) is 6.18. The molecule has 6 heteroatoms. The molecular weight excluding hydrogens is 340 g/mol. The highest BCUT2D eigenvalue weighted by Crippen LogP contribution is 2.40. The number of hydrogen-bond donors (Lipinski definition) is 2. The van der Waals surface area contributed by atoms with Crippen LogP contribution < -0.4 is 14.8 Å². The Hall–Kier alpha value is -3.54. The minimum absolute atomic E-state index is 0.677. The van der Waals surface area contributed by atoms with E-state index in [1.807, 2.05) is 61.5 Å². The summed E-state index contributed by atoms with van der Waals surface area (Å²) in [6.07, 6.45) is 0. The number of anilines is 2. The minimum atomic E-state index is 0.677. The van der Waals surface area contributed by atoms with Gasteiger partial charge >= 0.3 is 0 Å². The van der Waals surface area contributed by atoms with Crippen LogP contribution in [0.4, 0.5) is 11.6 Å². The third-order valence-corrected chi connectivity index (χ3v) is 4.36. The summed E-state index contributed by atoms with van der Waals surface area (Å²) in [6, 6.07) is 17.9. The molecule has 0 saturated carbocycles. The molecule has 6 nitrogen and oxygen atoms in total. The molecule has 27 heavy (non-hydrogen) atoms. The fourth-order valence-corrected chi connectivity index (χ4v) is 3.14. The quantitative estimate of drug-likeness (QED) is 0.540. The number of aryl methyl sites for hydroxylation is 1. The number of nitrogens with zero attached hydrogens (tertiary/aromatic N) is 2. The standard InChI is InChI=1S/C21H20N4O2/c1-13-11-19(25-24-13)22-18-12-16-15(9-10-17(26-2)21(16)27-3)20(23-18)14-7-5-4-6-8-14/h4-12H,1-3H3,(H2,22,23,24,25). The highest BCUT2D eigenvalue weighted by Gasteiger charge is 2.16. The number of aromatic nitrogens is 3. The molecule has 0 saturated heterocycles. The number of fused-ring (bicyclic) bond motifs is 1. The summed E-state index contributed by atoms with van der Waals surface area (Å²) in [7, 11) is 3.28. The SMILES string of the molecule is COc1ccc2c(-c3ccccc3)nc(Nc3cc(C)[nH]n3)cc2c1OC. The lowest BCUT2D eigenvalue weighted by Gasteiger charge is -2.15. The van der Waals surface area contributed by atoms with Gasteiger partial charge in [-0.2, -0.15) is 5.10 Å². The van der Waals surface area contributed by atoms with E-state index >= 15 is 0 Å². The number of nitrogens with one attached hydrogen (secondary N) is 2. The average molecular weight is 360 g/mol. The van der Waals surface area contributed by atoms with Gasteiger partial charge in [0.1, 0.15) is 5.82 Å². The third-order valence-electron chi connectivity index (χ3n) is 4.36. The van der Waals surface area contributed by atoms with Crippen LogP contribution >= 0.6 is 0 Å². The normalized spacial score (nSPS) is 10.8. The molecule has 0 radical (unpaired) electrons. The van der Waals surface area contributed by atoms with Gasteiger partial charge in [-0.25, -0.2) is 4.98 Å². The summed E-state index contributed by atoms with van der Waals surface area (Å²) in [5.74, 6) is 2.74. The van der Waals surface area contributed by atoms with E-state index in [9.17, 15) is 0 Å². The lowest BCUT2D eigenvalue weighted by atomic mass is 10.0. The molecule has 0 bridgehead atoms. The van der Waals surface area contributed by atoms with Gasteiger partial charge < -0.3 is 14.8 Å². The first-order chi connectivity index (χ1) is 13.2. The Bertz CT molecular complexity index is 1090. The minimum Gasteiger partial charge on any atom is -0.493 e. The monoisotopic (exact) mass is 360 g/mol. The Labute approximate surface area is 157 Å². The van der Waals surface area contributed by atoms with Gasteiger partial charge in [0.15, 0.2) is 17.3 Å². The van der Waals surface area contributed by atoms with Crippen LogP contribution in [0.25, 0.3) is 22.0 Å². The van der Waals surface area contributed by atoms with Gasteiger partial charge in [-0.15, -0.1) is 0 Å². The maximum atomic E-state index is 5.65. The number of H-pyrrole nitrogens is 1. The summed E-state index contributed by atoms with van der Waals surface area (Å²) in [5.41, 5.74) is 2.86. The second kappa shape index (κ2) is 6.99. The summed E-state index contributed by atoms with van der Waals surface area (Å²) in [5, 5.41) is 12.3. The van der Waals surface area contributed by atoms with E-state index in [1.165, 1.54) is 0 Å². The molecule has 2 heterocycles. The van der Waals surface area contributed by atoms with E-state index in [0.717, 1.165) is 27.7 Å². The van der Waals surface area contributed by atoms with Crippen molar-refractivity contribution in [3.63, 3.8) is 0 Å². The third kappa shape index (κ3) is 3.17. The van der Waals surface area contributed by atoms with Crippen molar-refractivity contribution >= 4 is 22.4 Å². The van der Waals surface area contributed by atoms with Crippen molar-refractivity contribution in [1.82, 2.24) is 15.2 Å². The fraction of sp³-hybridized carbons (Fsp3) is 0.143. The van der Waals surface area contributed by atoms with Crippen LogP contribution in [-0.2, 0) is 0 Å². The molecule has 0 atom stereocenters. The van der Waals surface area contributed by atoms with Crippen LogP contribution in [0, 0.1) is 6.92 Å². The fourth-order valence-electron chi connectivity index (χ4n) is 3.14. The molecule has 0 amide bonds. The zero-order chi connectivity index (χ0) is 18.8. The first kappa shape index (κ1) is 16.9. The average Bonchev–Trinajstić information content (AvgIpc) is 3.11. The van der Waals surface area contributed by atoms with E-state index in [4.69, 9.17) is 14.5 Å². The van der Waals surface area contributed by atoms with Crippen molar-refractivity contribution in [1.29, 1.82) is 0 Å². The predicted octanol–water partition coefficient (Wildman–Crippen LogP) is 4.69. The van der Waals surface area contributed by atoms with Crippen LogP contribution in [-0.4, -0.2) is 29.4 Å². The number of methoxy groups -OCH3 is 2. The zero-order valence-electron chi connectivity index (χ0n) is 15.4. The van der Waals surface area contributed by atoms with Gasteiger partial charge in [0.05, 0.1) is 19.9 Å². The Kier molecular flexibility index (Phi) is 4.38. The number of rotatable bonds is 5. The maximum Gasteiger partial charge on any atom is 0.168 e. The molecule has 0 spiro atoms. The van der Waals surface area contributed by atoms with Crippen LogP contribution in [0.2, 0.25) is 0 Å². The Balaban J connectivity index is 1.96. The van der Waals surface area contributed by atoms with Gasteiger partial charge in [-0.05, 0) is 25.1 Å². The first-order valence-electron chi connectivity index (χ1n) is 8.60. The molecule has 4 rings (SSSR count). The molecule has 0 aliphatic heterocycles. The number of ether oxygens (including phenoxy) is 2. The van der Waals surface area contributed by atoms with Crippen LogP contribution in [0.3, 0.4) is 0 Å². The smallest absolute Gasteiger partial charge is 0.168 e. The predicted molar refractivity (Wildman–Crippen MR) is 107 cm³/mol. The van der Waals surface area contributed by atoms with E-state index in [-0.39, 0.29) is 0 Å². The molecule has 0 fully saturated rings. The van der Waals surface area contributed by atoms with Crippen molar-refractivity contribution in [3.8, 4) is 22.8 Å². The highest BCUT2D eigenvalue weighted by atomic mass is 16.5. The van der Waals surface area contributed by atoms with Gasteiger partial charge in [-0.3, -0.25) is 5.10 Å². The van der Waals surface area contributed by atoms with Crippen molar-refractivity contribution in [2.75, 3.05) is 19.5 Å². The van der Waals surface area contributed by atoms with E-state index < -0.39 is 0 Å². The van der Waals surface area contributed by atoms with E-state index in [2.05, 4.69) is 15.5 Å². The van der Waals surface area contributed by atoms with E-state index in [1.54, 1.807) is 14.2 Å². The summed E-state index contributed by atoms with van der Waals surface area (Å²) in [4.78, 5) is 4.85. The molecule has 2 aromatic carbocycles. The zero-order valence-corrected chi connectivity index (χ0v) is 15.4. The van der Waals surface area contributed by atoms with Crippen molar-refractivity contribution in [3.05, 3.63) is 60.3 Å². The van der Waals surface area contributed by atoms with E-state index in [0.29, 0.717) is 23.1 Å². The van der Waals surface area contributed by atoms with Gasteiger partial charge in [-0.1, -0.05) is 30.3 Å². The van der Waals surface area contributed by atoms with Crippen LogP contribution in [0.15, 0.2) is 54.6 Å². The molecular formula is C21H20N4O2. The molecule has 0 aliphatic carbocycles. The number of pyridine rings is 1. The molecule has 136 valence electrons. The molecule has 4 aromatic rings. The van der Waals surface area contributed by atoms with Crippen molar-refractivity contribution in [2.45, 2.75) is 6.92 Å². The maximum absolute atomic E-state index is 5.65. The lowest BCUT2D eigenvalue weighted by Crippen LogP contribution is -1.99. The molecule has 0 aliphatic rings. The Morgan fingerprint density at radius 3 is 2.37 bits per heavy atom. The van der Waals surface area contributed by atoms with Crippen molar-refractivity contribution < 1.29 is 9.47 Å². The van der Waals surface area contributed by atoms with Crippen LogP contribution in [0.1, 0.15) is 5.69 Å². The van der Waals surface area contributed by atoms with Crippen LogP contribution in [0.5, 0.6) is 11.5 Å². The topological polar surface area (TPSA) is 72.1 Å². The summed E-state index contributed by atoms with van der Waals surface area (Å²) in [6.45, 7) is 1.95. The largest absolute Gasteiger partial charge is 0.493 e. The molecule has 2 aromatic heterocycles. The van der Waals surface area contributed by atoms with Crippen molar-refractivity contribution in [2.24, 2.45) is 0 Å². The number of benzene rings is 2. The molecule has 0 unspecified atom stereocenters. The second-order valence-corrected chi connectivity index (χ2v) is 6.18. The number of aromatic amines is 1. The van der Waals surface area contributed by atoms with Gasteiger partial charge in [0, 0.05) is 28.1 Å². The number of hydrogen-bond acceptors (Lipinski definition) is 5. The Morgan fingerprint density at radius 1 is 0.889 bits per heavy atom. The molecule has 2 N–H and O–H groups in total. The van der Waals surface area contributed by atoms with Gasteiger partial charge in [0.25, 0.3) is 0 Å². The summed E-state index contributed by atoms with van der Waals surface area (Å²) >= 11 is 0. The summed E-state index contributed by atoms with van der Waals surface area (Å²) < 4.78 is 11.1. The highest BCUT2D eigenvalue weighted by molar-refractivity contribution is 6.01. The lowest BCUT2D eigenvalue weighted by molar-refractivity contribution is 0.358. The van der Waals surface area contributed by atoms with Gasteiger partial charge in [0.2, 0.25) is 0 Å².